The highest BCUT2D eigenvalue weighted by Gasteiger charge is 2.43. The van der Waals surface area contributed by atoms with Crippen molar-refractivity contribution in [1.82, 2.24) is 14.7 Å². The van der Waals surface area contributed by atoms with Crippen molar-refractivity contribution < 1.29 is 9.53 Å². The van der Waals surface area contributed by atoms with Gasteiger partial charge in [-0.1, -0.05) is 32.0 Å². The van der Waals surface area contributed by atoms with Gasteiger partial charge in [-0.2, -0.15) is 0 Å². The molecule has 1 amide bonds. The van der Waals surface area contributed by atoms with Crippen molar-refractivity contribution >= 4 is 5.91 Å². The first kappa shape index (κ1) is 20.2. The molecule has 2 heterocycles. The highest BCUT2D eigenvalue weighted by molar-refractivity contribution is 5.81. The molecule has 0 saturated carbocycles. The predicted molar refractivity (Wildman–Crippen MR) is 109 cm³/mol. The number of benzene rings is 1. The maximum atomic E-state index is 13.2. The first-order valence-electron chi connectivity index (χ1n) is 10.2. The maximum absolute atomic E-state index is 13.2. The summed E-state index contributed by atoms with van der Waals surface area (Å²) in [4.78, 5) is 20.2. The van der Waals surface area contributed by atoms with E-state index in [9.17, 15) is 4.79 Å². The summed E-state index contributed by atoms with van der Waals surface area (Å²) in [6.45, 7) is 11.1. The second-order valence-corrected chi connectivity index (χ2v) is 8.76. The van der Waals surface area contributed by atoms with Gasteiger partial charge in [-0.15, -0.1) is 0 Å². The quantitative estimate of drug-likeness (QED) is 0.813. The molecule has 5 heteroatoms. The number of piperidine rings is 1. The number of carbonyl (C=O) groups excluding carboxylic acids is 1. The third-order valence-electron chi connectivity index (χ3n) is 6.39. The number of aryl methyl sites for hydroxylation is 1. The van der Waals surface area contributed by atoms with Crippen LogP contribution in [0.15, 0.2) is 24.3 Å². The lowest BCUT2D eigenvalue weighted by atomic mass is 9.83. The molecule has 3 rings (SSSR count). The van der Waals surface area contributed by atoms with Crippen LogP contribution < -0.4 is 4.74 Å². The minimum Gasteiger partial charge on any atom is -0.480 e. The number of likely N-dealkylation sites (tertiary alicyclic amines) is 1. The molecule has 1 atom stereocenters. The van der Waals surface area contributed by atoms with Crippen LogP contribution in [-0.2, 0) is 4.79 Å². The molecule has 2 saturated heterocycles. The Bertz CT molecular complexity index is 653. The summed E-state index contributed by atoms with van der Waals surface area (Å²) in [6.07, 6.45) is 1.65. The second-order valence-electron chi connectivity index (χ2n) is 8.76. The average molecular weight is 374 g/mol. The SMILES string of the molecule is Cc1ccccc1O[C@@H](C(=O)N1CCC2(CC1)CN(C)CCN2C)C(C)C. The summed E-state index contributed by atoms with van der Waals surface area (Å²) < 4.78 is 6.19. The predicted octanol–water partition coefficient (Wildman–Crippen LogP) is 2.64. The molecule has 0 radical (unpaired) electrons. The Morgan fingerprint density at radius 2 is 1.74 bits per heavy atom. The third kappa shape index (κ3) is 4.30. The molecule has 150 valence electrons. The Kier molecular flexibility index (Phi) is 6.11. The molecule has 0 unspecified atom stereocenters. The number of hydrogen-bond donors (Lipinski definition) is 0. The van der Waals surface area contributed by atoms with E-state index >= 15 is 0 Å². The van der Waals surface area contributed by atoms with Crippen LogP contribution in [0, 0.1) is 12.8 Å². The molecule has 2 fully saturated rings. The van der Waals surface area contributed by atoms with Crippen LogP contribution in [0.1, 0.15) is 32.3 Å². The van der Waals surface area contributed by atoms with Gasteiger partial charge in [-0.25, -0.2) is 0 Å². The van der Waals surface area contributed by atoms with Crippen molar-refractivity contribution in [3.8, 4) is 5.75 Å². The number of piperazine rings is 1. The number of para-hydroxylation sites is 1. The van der Waals surface area contributed by atoms with Gasteiger partial charge in [-0.05, 0) is 51.4 Å². The topological polar surface area (TPSA) is 36.0 Å². The zero-order valence-electron chi connectivity index (χ0n) is 17.6. The molecule has 1 spiro atoms. The normalized spacial score (nSPS) is 22.2. The fourth-order valence-corrected chi connectivity index (χ4v) is 4.42. The Balaban J connectivity index is 1.67. The zero-order valence-corrected chi connectivity index (χ0v) is 17.6. The number of hydrogen-bond acceptors (Lipinski definition) is 4. The standard InChI is InChI=1S/C22H35N3O2/c1-17(2)20(27-19-9-7-6-8-18(19)3)21(26)25-12-10-22(11-13-25)16-23(4)14-15-24(22)5/h6-9,17,20H,10-16H2,1-5H3/t20-/m1/s1. The van der Waals surface area contributed by atoms with Crippen LogP contribution in [0.25, 0.3) is 0 Å². The first-order valence-corrected chi connectivity index (χ1v) is 10.2. The van der Waals surface area contributed by atoms with Crippen LogP contribution in [-0.4, -0.2) is 79.1 Å². The van der Waals surface area contributed by atoms with E-state index in [1.807, 2.05) is 36.1 Å². The monoisotopic (exact) mass is 373 g/mol. The minimum atomic E-state index is -0.424. The molecule has 0 bridgehead atoms. The molecule has 0 aromatic heterocycles. The molecular formula is C22H35N3O2. The van der Waals surface area contributed by atoms with E-state index in [0.717, 1.165) is 56.9 Å². The average Bonchev–Trinajstić information content (AvgIpc) is 2.64. The lowest BCUT2D eigenvalue weighted by molar-refractivity contribution is -0.144. The molecule has 0 aliphatic carbocycles. The first-order chi connectivity index (χ1) is 12.8. The lowest BCUT2D eigenvalue weighted by Gasteiger charge is -2.52. The van der Waals surface area contributed by atoms with E-state index in [0.29, 0.717) is 0 Å². The summed E-state index contributed by atoms with van der Waals surface area (Å²) in [5, 5.41) is 0. The number of carbonyl (C=O) groups is 1. The van der Waals surface area contributed by atoms with Crippen LogP contribution in [0.3, 0.4) is 0 Å². The van der Waals surface area contributed by atoms with Gasteiger partial charge < -0.3 is 14.5 Å². The lowest BCUT2D eigenvalue weighted by Crippen LogP contribution is -2.64. The molecule has 1 aromatic carbocycles. The van der Waals surface area contributed by atoms with Crippen molar-refractivity contribution in [2.24, 2.45) is 5.92 Å². The molecule has 27 heavy (non-hydrogen) atoms. The summed E-state index contributed by atoms with van der Waals surface area (Å²) in [6, 6.07) is 7.94. The van der Waals surface area contributed by atoms with E-state index in [4.69, 9.17) is 4.74 Å². The Morgan fingerprint density at radius 3 is 2.37 bits per heavy atom. The van der Waals surface area contributed by atoms with Gasteiger partial charge in [0.25, 0.3) is 5.91 Å². The molecular weight excluding hydrogens is 338 g/mol. The van der Waals surface area contributed by atoms with Gasteiger partial charge in [0, 0.05) is 38.3 Å². The largest absolute Gasteiger partial charge is 0.480 e. The summed E-state index contributed by atoms with van der Waals surface area (Å²) in [5.41, 5.74) is 1.29. The Morgan fingerprint density at radius 1 is 1.07 bits per heavy atom. The van der Waals surface area contributed by atoms with Gasteiger partial charge in [-0.3, -0.25) is 9.69 Å². The van der Waals surface area contributed by atoms with E-state index < -0.39 is 6.10 Å². The van der Waals surface area contributed by atoms with Crippen LogP contribution in [0.2, 0.25) is 0 Å². The molecule has 5 nitrogen and oxygen atoms in total. The number of likely N-dealkylation sites (N-methyl/N-ethyl adjacent to an activating group) is 2. The van der Waals surface area contributed by atoms with E-state index in [2.05, 4.69) is 37.7 Å². The summed E-state index contributed by atoms with van der Waals surface area (Å²) in [7, 11) is 4.44. The van der Waals surface area contributed by atoms with Crippen LogP contribution in [0.4, 0.5) is 0 Å². The number of rotatable bonds is 4. The van der Waals surface area contributed by atoms with Crippen molar-refractivity contribution in [2.45, 2.75) is 45.3 Å². The van der Waals surface area contributed by atoms with Crippen molar-refractivity contribution in [3.05, 3.63) is 29.8 Å². The number of nitrogens with zero attached hydrogens (tertiary/aromatic N) is 3. The van der Waals surface area contributed by atoms with E-state index in [1.165, 1.54) is 0 Å². The zero-order chi connectivity index (χ0) is 19.6. The maximum Gasteiger partial charge on any atom is 0.263 e. The van der Waals surface area contributed by atoms with E-state index in [-0.39, 0.29) is 17.4 Å². The van der Waals surface area contributed by atoms with Gasteiger partial charge in [0.15, 0.2) is 6.10 Å². The van der Waals surface area contributed by atoms with Crippen molar-refractivity contribution in [1.29, 1.82) is 0 Å². The Labute approximate surface area is 164 Å². The van der Waals surface area contributed by atoms with E-state index in [1.54, 1.807) is 0 Å². The van der Waals surface area contributed by atoms with Crippen molar-refractivity contribution in [3.63, 3.8) is 0 Å². The molecule has 1 aromatic rings. The number of amides is 1. The van der Waals surface area contributed by atoms with Gasteiger partial charge >= 0.3 is 0 Å². The smallest absolute Gasteiger partial charge is 0.263 e. The second kappa shape index (κ2) is 8.19. The summed E-state index contributed by atoms with van der Waals surface area (Å²) >= 11 is 0. The highest BCUT2D eigenvalue weighted by atomic mass is 16.5. The fraction of sp³-hybridized carbons (Fsp3) is 0.682. The van der Waals surface area contributed by atoms with Gasteiger partial charge in [0.2, 0.25) is 0 Å². The minimum absolute atomic E-state index is 0.134. The fourth-order valence-electron chi connectivity index (χ4n) is 4.42. The molecule has 2 aliphatic heterocycles. The third-order valence-corrected chi connectivity index (χ3v) is 6.39. The van der Waals surface area contributed by atoms with Crippen molar-refractivity contribution in [2.75, 3.05) is 46.8 Å². The molecule has 0 N–H and O–H groups in total. The molecule has 2 aliphatic rings. The summed E-state index contributed by atoms with van der Waals surface area (Å²) in [5.74, 6) is 1.08. The Hall–Kier alpha value is -1.59. The highest BCUT2D eigenvalue weighted by Crippen LogP contribution is 2.32. The van der Waals surface area contributed by atoms with Crippen LogP contribution in [0.5, 0.6) is 5.75 Å². The van der Waals surface area contributed by atoms with Gasteiger partial charge in [0.1, 0.15) is 5.75 Å². The van der Waals surface area contributed by atoms with Gasteiger partial charge in [0.05, 0.1) is 0 Å². The van der Waals surface area contributed by atoms with Crippen LogP contribution >= 0.6 is 0 Å². The number of ether oxygens (including phenoxy) is 1.